The summed E-state index contributed by atoms with van der Waals surface area (Å²) in [7, 11) is -3.02. The van der Waals surface area contributed by atoms with Gasteiger partial charge in [-0.3, -0.25) is 0 Å². The average Bonchev–Trinajstić information content (AvgIpc) is 2.78. The van der Waals surface area contributed by atoms with E-state index in [2.05, 4.69) is 15.9 Å². The lowest BCUT2D eigenvalue weighted by atomic mass is 10.1. The molecule has 0 amide bonds. The van der Waals surface area contributed by atoms with Crippen molar-refractivity contribution in [3.8, 4) is 0 Å². The number of sulfone groups is 1. The molecular formula is C10H12BrNO2S. The molecule has 1 aromatic rings. The van der Waals surface area contributed by atoms with Gasteiger partial charge in [0.2, 0.25) is 0 Å². The second-order valence-corrected chi connectivity index (χ2v) is 7.07. The molecule has 15 heavy (non-hydrogen) atoms. The molecule has 1 aliphatic rings. The molecule has 0 aliphatic heterocycles. The quantitative estimate of drug-likeness (QED) is 0.892. The molecule has 0 radical (unpaired) electrons. The van der Waals surface area contributed by atoms with E-state index in [0.29, 0.717) is 0 Å². The van der Waals surface area contributed by atoms with Gasteiger partial charge in [-0.05, 0) is 17.7 Å². The third-order valence-electron chi connectivity index (χ3n) is 2.76. The van der Waals surface area contributed by atoms with Gasteiger partial charge in [-0.15, -0.1) is 0 Å². The standard InChI is InChI=1S/C10H12BrNO2S/c1-15(13,14)10-8(9(10)12)6-2-4-7(11)5-3-6/h2-5,8-10H,12H2,1H3/t8-,9+,10+/m1/s1. The van der Waals surface area contributed by atoms with Crippen LogP contribution in [0.1, 0.15) is 11.5 Å². The molecule has 0 heterocycles. The van der Waals surface area contributed by atoms with Crippen molar-refractivity contribution in [2.75, 3.05) is 6.26 Å². The third kappa shape index (κ3) is 2.09. The first-order valence-electron chi connectivity index (χ1n) is 4.61. The summed E-state index contributed by atoms with van der Waals surface area (Å²) in [4.78, 5) is 0. The molecule has 1 fully saturated rings. The highest BCUT2D eigenvalue weighted by Crippen LogP contribution is 2.44. The van der Waals surface area contributed by atoms with Gasteiger partial charge in [-0.1, -0.05) is 28.1 Å². The summed E-state index contributed by atoms with van der Waals surface area (Å²) in [6, 6.07) is 7.39. The summed E-state index contributed by atoms with van der Waals surface area (Å²) in [5.74, 6) is -0.0342. The van der Waals surface area contributed by atoms with E-state index in [1.54, 1.807) is 0 Å². The molecule has 82 valence electrons. The van der Waals surface area contributed by atoms with Crippen molar-refractivity contribution in [3.63, 3.8) is 0 Å². The number of nitrogens with two attached hydrogens (primary N) is 1. The van der Waals surface area contributed by atoms with Gasteiger partial charge in [0.25, 0.3) is 0 Å². The second kappa shape index (κ2) is 3.57. The van der Waals surface area contributed by atoms with Gasteiger partial charge in [0, 0.05) is 22.7 Å². The van der Waals surface area contributed by atoms with E-state index in [1.165, 1.54) is 6.26 Å². The maximum absolute atomic E-state index is 11.4. The van der Waals surface area contributed by atoms with Crippen LogP contribution in [0.3, 0.4) is 0 Å². The minimum absolute atomic E-state index is 0.0342. The molecule has 3 atom stereocenters. The third-order valence-corrected chi connectivity index (χ3v) is 4.88. The molecule has 0 aromatic heterocycles. The fourth-order valence-corrected chi connectivity index (χ4v) is 3.74. The molecule has 1 aromatic carbocycles. The molecule has 1 saturated carbocycles. The highest BCUT2D eigenvalue weighted by atomic mass is 79.9. The van der Waals surface area contributed by atoms with E-state index >= 15 is 0 Å². The van der Waals surface area contributed by atoms with Gasteiger partial charge < -0.3 is 5.73 Å². The lowest BCUT2D eigenvalue weighted by molar-refractivity contribution is 0.599. The smallest absolute Gasteiger partial charge is 0.152 e. The van der Waals surface area contributed by atoms with Crippen molar-refractivity contribution in [3.05, 3.63) is 34.3 Å². The predicted octanol–water partition coefficient (Wildman–Crippen LogP) is 1.29. The van der Waals surface area contributed by atoms with E-state index < -0.39 is 15.1 Å². The Morgan fingerprint density at radius 3 is 2.20 bits per heavy atom. The van der Waals surface area contributed by atoms with E-state index in [-0.39, 0.29) is 12.0 Å². The van der Waals surface area contributed by atoms with Crippen molar-refractivity contribution >= 4 is 25.8 Å². The Hall–Kier alpha value is -0.390. The Morgan fingerprint density at radius 1 is 1.27 bits per heavy atom. The van der Waals surface area contributed by atoms with Crippen molar-refractivity contribution in [2.24, 2.45) is 5.73 Å². The summed E-state index contributed by atoms with van der Waals surface area (Å²) in [5.41, 5.74) is 6.78. The summed E-state index contributed by atoms with van der Waals surface area (Å²) < 4.78 is 23.7. The maximum Gasteiger partial charge on any atom is 0.152 e. The highest BCUT2D eigenvalue weighted by Gasteiger charge is 2.54. The van der Waals surface area contributed by atoms with Gasteiger partial charge in [-0.25, -0.2) is 8.42 Å². The van der Waals surface area contributed by atoms with Crippen LogP contribution in [0, 0.1) is 0 Å². The van der Waals surface area contributed by atoms with Gasteiger partial charge in [-0.2, -0.15) is 0 Å². The predicted molar refractivity (Wildman–Crippen MR) is 63.5 cm³/mol. The Morgan fingerprint density at radius 2 is 1.80 bits per heavy atom. The van der Waals surface area contributed by atoms with Crippen LogP contribution < -0.4 is 5.73 Å². The zero-order valence-electron chi connectivity index (χ0n) is 8.22. The minimum atomic E-state index is -3.02. The summed E-state index contributed by atoms with van der Waals surface area (Å²) in [6.45, 7) is 0. The van der Waals surface area contributed by atoms with E-state index in [0.717, 1.165) is 10.0 Å². The molecule has 0 saturated heterocycles. The molecule has 0 unspecified atom stereocenters. The number of hydrogen-bond acceptors (Lipinski definition) is 3. The lowest BCUT2D eigenvalue weighted by Gasteiger charge is -1.98. The van der Waals surface area contributed by atoms with Gasteiger partial charge in [0.1, 0.15) is 0 Å². The highest BCUT2D eigenvalue weighted by molar-refractivity contribution is 9.10. The number of benzene rings is 1. The SMILES string of the molecule is CS(=O)(=O)[C@@H]1[C@@H](N)[C@H]1c1ccc(Br)cc1. The topological polar surface area (TPSA) is 60.2 Å². The number of rotatable bonds is 2. The Balaban J connectivity index is 2.26. The Labute approximate surface area is 97.7 Å². The van der Waals surface area contributed by atoms with Gasteiger partial charge >= 0.3 is 0 Å². The number of halogens is 1. The van der Waals surface area contributed by atoms with Crippen molar-refractivity contribution in [1.29, 1.82) is 0 Å². The first-order chi connectivity index (χ1) is 6.91. The van der Waals surface area contributed by atoms with E-state index in [4.69, 9.17) is 5.73 Å². The molecule has 2 rings (SSSR count). The minimum Gasteiger partial charge on any atom is -0.326 e. The van der Waals surface area contributed by atoms with Crippen LogP contribution in [0.4, 0.5) is 0 Å². The molecule has 0 bridgehead atoms. The van der Waals surface area contributed by atoms with E-state index in [9.17, 15) is 8.42 Å². The number of hydrogen-bond donors (Lipinski definition) is 1. The summed E-state index contributed by atoms with van der Waals surface area (Å²) in [5, 5.41) is -0.404. The largest absolute Gasteiger partial charge is 0.326 e. The van der Waals surface area contributed by atoms with Crippen LogP contribution >= 0.6 is 15.9 Å². The molecule has 1 aliphatic carbocycles. The first kappa shape index (κ1) is 11.1. The molecule has 0 spiro atoms. The van der Waals surface area contributed by atoms with Gasteiger partial charge in [0.15, 0.2) is 9.84 Å². The fraction of sp³-hybridized carbons (Fsp3) is 0.400. The van der Waals surface area contributed by atoms with Crippen LogP contribution in [0.25, 0.3) is 0 Å². The van der Waals surface area contributed by atoms with Crippen molar-refractivity contribution < 1.29 is 8.42 Å². The fourth-order valence-electron chi connectivity index (χ4n) is 1.95. The second-order valence-electron chi connectivity index (χ2n) is 3.95. The lowest BCUT2D eigenvalue weighted by Crippen LogP contribution is -2.13. The first-order valence-corrected chi connectivity index (χ1v) is 7.36. The average molecular weight is 290 g/mol. The van der Waals surface area contributed by atoms with Crippen LogP contribution in [-0.4, -0.2) is 26.0 Å². The molecular weight excluding hydrogens is 278 g/mol. The van der Waals surface area contributed by atoms with Gasteiger partial charge in [0.05, 0.1) is 5.25 Å². The summed E-state index contributed by atoms with van der Waals surface area (Å²) >= 11 is 3.34. The van der Waals surface area contributed by atoms with Crippen LogP contribution in [0.2, 0.25) is 0 Å². The summed E-state index contributed by atoms with van der Waals surface area (Å²) in [6.07, 6.45) is 1.25. The normalized spacial score (nSPS) is 30.2. The van der Waals surface area contributed by atoms with E-state index in [1.807, 2.05) is 24.3 Å². The Bertz CT molecular complexity index is 469. The van der Waals surface area contributed by atoms with Crippen molar-refractivity contribution in [1.82, 2.24) is 0 Å². The Kier molecular flexibility index (Phi) is 2.65. The van der Waals surface area contributed by atoms with Crippen LogP contribution in [0.15, 0.2) is 28.7 Å². The molecule has 5 heteroatoms. The zero-order valence-corrected chi connectivity index (χ0v) is 10.6. The van der Waals surface area contributed by atoms with Crippen LogP contribution in [-0.2, 0) is 9.84 Å². The molecule has 3 nitrogen and oxygen atoms in total. The maximum atomic E-state index is 11.4. The molecule has 2 N–H and O–H groups in total. The zero-order chi connectivity index (χ0) is 11.2. The van der Waals surface area contributed by atoms with Crippen molar-refractivity contribution in [2.45, 2.75) is 17.2 Å². The monoisotopic (exact) mass is 289 g/mol. The van der Waals surface area contributed by atoms with Crippen LogP contribution in [0.5, 0.6) is 0 Å².